The number of hydrogen-bond donors (Lipinski definition) is 0. The highest BCUT2D eigenvalue weighted by Gasteiger charge is 2.28. The van der Waals surface area contributed by atoms with Crippen LogP contribution in [0, 0.1) is 6.92 Å². The summed E-state index contributed by atoms with van der Waals surface area (Å²) in [7, 11) is -3.43. The lowest BCUT2D eigenvalue weighted by Crippen LogP contribution is -2.48. The first-order valence-corrected chi connectivity index (χ1v) is 12.1. The summed E-state index contributed by atoms with van der Waals surface area (Å²) in [5.41, 5.74) is 2.98. The van der Waals surface area contributed by atoms with Crippen LogP contribution in [0.15, 0.2) is 58.8 Å². The summed E-state index contributed by atoms with van der Waals surface area (Å²) in [6.07, 6.45) is 0. The average Bonchev–Trinajstić information content (AvgIpc) is 3.17. The first-order valence-electron chi connectivity index (χ1n) is 9.42. The number of benzene rings is 2. The highest BCUT2D eigenvalue weighted by atomic mass is 35.5. The van der Waals surface area contributed by atoms with Crippen LogP contribution in [-0.2, 0) is 16.6 Å². The smallest absolute Gasteiger partial charge is 0.243 e. The fourth-order valence-electron chi connectivity index (χ4n) is 3.35. The molecule has 0 radical (unpaired) electrons. The number of aromatic nitrogens is 1. The fraction of sp³-hybridized carbons (Fsp3) is 0.286. The van der Waals surface area contributed by atoms with Crippen molar-refractivity contribution in [2.75, 3.05) is 26.2 Å². The van der Waals surface area contributed by atoms with Crippen LogP contribution < -0.4 is 0 Å². The van der Waals surface area contributed by atoms with E-state index in [4.69, 9.17) is 16.6 Å². The maximum atomic E-state index is 12.8. The molecule has 152 valence electrons. The van der Waals surface area contributed by atoms with Crippen LogP contribution in [0.2, 0.25) is 5.02 Å². The Bertz CT molecular complexity index is 1090. The van der Waals surface area contributed by atoms with Gasteiger partial charge in [0.15, 0.2) is 0 Å². The van der Waals surface area contributed by atoms with E-state index in [2.05, 4.69) is 4.90 Å². The lowest BCUT2D eigenvalue weighted by Gasteiger charge is -2.33. The van der Waals surface area contributed by atoms with E-state index >= 15 is 0 Å². The summed E-state index contributed by atoms with van der Waals surface area (Å²) < 4.78 is 27.3. The number of halogens is 1. The quantitative estimate of drug-likeness (QED) is 0.585. The number of thiazole rings is 1. The summed E-state index contributed by atoms with van der Waals surface area (Å²) >= 11 is 7.85. The van der Waals surface area contributed by atoms with Crippen molar-refractivity contribution < 1.29 is 8.42 Å². The molecule has 1 aliphatic heterocycles. The Morgan fingerprint density at radius 3 is 2.41 bits per heavy atom. The molecule has 0 spiro atoms. The summed E-state index contributed by atoms with van der Waals surface area (Å²) in [6.45, 7) is 4.99. The van der Waals surface area contributed by atoms with Gasteiger partial charge in [-0.1, -0.05) is 47.5 Å². The third-order valence-corrected chi connectivity index (χ3v) is 8.20. The SMILES string of the molecule is Cc1ccc(S(=O)(=O)N2CCN(Cc3csc(-c4ccccc4Cl)n3)CC2)cc1. The molecule has 2 heterocycles. The molecule has 1 saturated heterocycles. The summed E-state index contributed by atoms with van der Waals surface area (Å²) in [5, 5.41) is 3.66. The van der Waals surface area contributed by atoms with Crippen molar-refractivity contribution in [3.63, 3.8) is 0 Å². The van der Waals surface area contributed by atoms with Crippen molar-refractivity contribution in [1.29, 1.82) is 0 Å². The molecule has 0 aliphatic carbocycles. The normalized spacial score (nSPS) is 16.2. The number of aryl methyl sites for hydroxylation is 1. The highest BCUT2D eigenvalue weighted by molar-refractivity contribution is 7.89. The van der Waals surface area contributed by atoms with E-state index in [1.807, 2.05) is 48.7 Å². The molecular weight excluding hydrogens is 426 g/mol. The molecule has 0 saturated carbocycles. The van der Waals surface area contributed by atoms with E-state index in [9.17, 15) is 8.42 Å². The van der Waals surface area contributed by atoms with E-state index in [0.29, 0.717) is 42.6 Å². The van der Waals surface area contributed by atoms with Gasteiger partial charge in [-0.2, -0.15) is 4.31 Å². The van der Waals surface area contributed by atoms with Crippen molar-refractivity contribution in [3.05, 3.63) is 70.2 Å². The van der Waals surface area contributed by atoms with Gasteiger partial charge in [0.2, 0.25) is 10.0 Å². The monoisotopic (exact) mass is 447 g/mol. The van der Waals surface area contributed by atoms with Gasteiger partial charge in [0.25, 0.3) is 0 Å². The second-order valence-corrected chi connectivity index (χ2v) is 10.3. The molecule has 0 N–H and O–H groups in total. The van der Waals surface area contributed by atoms with Gasteiger partial charge in [-0.05, 0) is 25.1 Å². The van der Waals surface area contributed by atoms with Crippen LogP contribution >= 0.6 is 22.9 Å². The van der Waals surface area contributed by atoms with Crippen LogP contribution in [0.25, 0.3) is 10.6 Å². The minimum absolute atomic E-state index is 0.362. The van der Waals surface area contributed by atoms with Crippen LogP contribution in [0.1, 0.15) is 11.3 Å². The van der Waals surface area contributed by atoms with Gasteiger partial charge >= 0.3 is 0 Å². The van der Waals surface area contributed by atoms with E-state index in [1.165, 1.54) is 0 Å². The van der Waals surface area contributed by atoms with Gasteiger partial charge in [-0.25, -0.2) is 13.4 Å². The van der Waals surface area contributed by atoms with Crippen LogP contribution in [0.3, 0.4) is 0 Å². The Hall–Kier alpha value is -1.77. The van der Waals surface area contributed by atoms with Crippen molar-refractivity contribution in [2.24, 2.45) is 0 Å². The standard InChI is InChI=1S/C21H22ClN3O2S2/c1-16-6-8-18(9-7-16)29(26,27)25-12-10-24(11-13-25)14-17-15-28-21(23-17)19-4-2-3-5-20(19)22/h2-9,15H,10-14H2,1H3. The van der Waals surface area contributed by atoms with Crippen molar-refractivity contribution in [2.45, 2.75) is 18.4 Å². The zero-order valence-corrected chi connectivity index (χ0v) is 18.5. The summed E-state index contributed by atoms with van der Waals surface area (Å²) in [4.78, 5) is 7.32. The van der Waals surface area contributed by atoms with E-state index in [-0.39, 0.29) is 0 Å². The number of sulfonamides is 1. The number of hydrogen-bond acceptors (Lipinski definition) is 5. The Morgan fingerprint density at radius 2 is 1.72 bits per heavy atom. The molecule has 1 aliphatic rings. The zero-order valence-electron chi connectivity index (χ0n) is 16.1. The van der Waals surface area contributed by atoms with Gasteiger partial charge in [0, 0.05) is 43.7 Å². The second kappa shape index (κ2) is 8.53. The molecule has 0 atom stereocenters. The van der Waals surface area contributed by atoms with E-state index < -0.39 is 10.0 Å². The largest absolute Gasteiger partial charge is 0.295 e. The Balaban J connectivity index is 1.38. The second-order valence-electron chi connectivity index (χ2n) is 7.12. The van der Waals surface area contributed by atoms with Crippen molar-refractivity contribution in [1.82, 2.24) is 14.2 Å². The molecule has 1 fully saturated rings. The fourth-order valence-corrected chi connectivity index (χ4v) is 5.91. The molecule has 2 aromatic carbocycles. The minimum atomic E-state index is -3.43. The van der Waals surface area contributed by atoms with Crippen LogP contribution in [0.4, 0.5) is 0 Å². The van der Waals surface area contributed by atoms with E-state index in [0.717, 1.165) is 21.8 Å². The molecule has 29 heavy (non-hydrogen) atoms. The predicted octanol–water partition coefficient (Wildman–Crippen LogP) is 4.28. The first-order chi connectivity index (χ1) is 13.9. The topological polar surface area (TPSA) is 53.5 Å². The van der Waals surface area contributed by atoms with Gasteiger partial charge < -0.3 is 0 Å². The van der Waals surface area contributed by atoms with Crippen molar-refractivity contribution in [3.8, 4) is 10.6 Å². The molecule has 0 unspecified atom stereocenters. The lowest BCUT2D eigenvalue weighted by atomic mass is 10.2. The number of piperazine rings is 1. The molecule has 0 bridgehead atoms. The van der Waals surface area contributed by atoms with Gasteiger partial charge in [0.1, 0.15) is 5.01 Å². The molecule has 8 heteroatoms. The average molecular weight is 448 g/mol. The Morgan fingerprint density at radius 1 is 1.03 bits per heavy atom. The Labute approximate surface area is 180 Å². The molecule has 1 aromatic heterocycles. The highest BCUT2D eigenvalue weighted by Crippen LogP contribution is 2.30. The third-order valence-electron chi connectivity index (χ3n) is 5.03. The molecular formula is C21H22ClN3O2S2. The zero-order chi connectivity index (χ0) is 20.4. The summed E-state index contributed by atoms with van der Waals surface area (Å²) in [6, 6.07) is 14.7. The van der Waals surface area contributed by atoms with Gasteiger partial charge in [-0.3, -0.25) is 4.90 Å². The third kappa shape index (κ3) is 4.54. The van der Waals surface area contributed by atoms with Crippen LogP contribution in [0.5, 0.6) is 0 Å². The molecule has 3 aromatic rings. The van der Waals surface area contributed by atoms with Crippen molar-refractivity contribution >= 4 is 33.0 Å². The van der Waals surface area contributed by atoms with Gasteiger partial charge in [0.05, 0.1) is 15.6 Å². The maximum absolute atomic E-state index is 12.8. The summed E-state index contributed by atoms with van der Waals surface area (Å²) in [5.74, 6) is 0. The predicted molar refractivity (Wildman–Crippen MR) is 118 cm³/mol. The minimum Gasteiger partial charge on any atom is -0.295 e. The van der Waals surface area contributed by atoms with E-state index in [1.54, 1.807) is 27.8 Å². The van der Waals surface area contributed by atoms with Gasteiger partial charge in [-0.15, -0.1) is 11.3 Å². The Kier molecular flexibility index (Phi) is 6.03. The maximum Gasteiger partial charge on any atom is 0.243 e. The molecule has 5 nitrogen and oxygen atoms in total. The molecule has 0 amide bonds. The molecule has 4 rings (SSSR count). The first kappa shape index (κ1) is 20.5. The lowest BCUT2D eigenvalue weighted by molar-refractivity contribution is 0.180. The number of rotatable bonds is 5. The van der Waals surface area contributed by atoms with Crippen LogP contribution in [-0.4, -0.2) is 48.8 Å². The number of nitrogens with zero attached hydrogens (tertiary/aromatic N) is 3.